The van der Waals surface area contributed by atoms with Gasteiger partial charge in [-0.05, 0) is 6.92 Å². The van der Waals surface area contributed by atoms with Crippen molar-refractivity contribution in [3.8, 4) is 0 Å². The highest BCUT2D eigenvalue weighted by molar-refractivity contribution is 5.85. The van der Waals surface area contributed by atoms with E-state index < -0.39 is 5.97 Å². The van der Waals surface area contributed by atoms with Gasteiger partial charge in [-0.3, -0.25) is 4.79 Å². The van der Waals surface area contributed by atoms with E-state index in [0.717, 1.165) is 12.2 Å². The third kappa shape index (κ3) is 2.03. The molecule has 2 aromatic heterocycles. The summed E-state index contributed by atoms with van der Waals surface area (Å²) in [6, 6.07) is 0. The van der Waals surface area contributed by atoms with Crippen LogP contribution in [0.1, 0.15) is 6.92 Å². The third-order valence-electron chi connectivity index (χ3n) is 2.46. The number of carboxylic acid groups (broad SMARTS) is 1. The maximum Gasteiger partial charge on any atom is 0.323 e. The van der Waals surface area contributed by atoms with Crippen LogP contribution in [0.5, 0.6) is 0 Å². The molecule has 1 N–H and O–H groups in total. The van der Waals surface area contributed by atoms with Crippen molar-refractivity contribution < 1.29 is 9.90 Å². The Kier molecular flexibility index (Phi) is 2.90. The number of aliphatic carboxylic acids is 1. The van der Waals surface area contributed by atoms with Crippen molar-refractivity contribution in [1.82, 2.24) is 19.5 Å². The zero-order chi connectivity index (χ0) is 12.4. The molecule has 7 nitrogen and oxygen atoms in total. The van der Waals surface area contributed by atoms with E-state index >= 15 is 0 Å². The second kappa shape index (κ2) is 4.36. The van der Waals surface area contributed by atoms with E-state index in [9.17, 15) is 4.79 Å². The quantitative estimate of drug-likeness (QED) is 0.824. The smallest absolute Gasteiger partial charge is 0.323 e. The molecule has 0 radical (unpaired) electrons. The zero-order valence-corrected chi connectivity index (χ0v) is 9.66. The number of anilines is 1. The zero-order valence-electron chi connectivity index (χ0n) is 9.66. The Balaban J connectivity index is 2.47. The fourth-order valence-corrected chi connectivity index (χ4v) is 1.66. The second-order valence-corrected chi connectivity index (χ2v) is 3.65. The second-order valence-electron chi connectivity index (χ2n) is 3.65. The Hall–Kier alpha value is -2.18. The molecule has 17 heavy (non-hydrogen) atoms. The van der Waals surface area contributed by atoms with Crippen LogP contribution in [0.25, 0.3) is 11.2 Å². The minimum Gasteiger partial charge on any atom is -0.480 e. The number of likely N-dealkylation sites (N-methyl/N-ethyl adjacent to an activating group) is 1. The number of nitrogens with zero attached hydrogens (tertiary/aromatic N) is 5. The summed E-state index contributed by atoms with van der Waals surface area (Å²) in [4.78, 5) is 24.7. The van der Waals surface area contributed by atoms with Crippen LogP contribution in [-0.2, 0) is 11.3 Å². The van der Waals surface area contributed by atoms with Gasteiger partial charge in [-0.15, -0.1) is 0 Å². The standard InChI is InChI=1S/C10H13N5O2/c1-3-15-6-13-8-9(11-5-12-10(8)15)14(2)4-7(16)17/h5-6H,3-4H2,1-2H3,(H,16,17). The van der Waals surface area contributed by atoms with Crippen molar-refractivity contribution in [2.24, 2.45) is 0 Å². The molecule has 7 heteroatoms. The minimum atomic E-state index is -0.908. The Morgan fingerprint density at radius 1 is 1.47 bits per heavy atom. The SMILES string of the molecule is CCn1cnc2c(N(C)CC(=O)O)ncnc21. The number of aromatic nitrogens is 4. The van der Waals surface area contributed by atoms with Crippen molar-refractivity contribution in [2.45, 2.75) is 13.5 Å². The maximum absolute atomic E-state index is 10.7. The summed E-state index contributed by atoms with van der Waals surface area (Å²) in [6.45, 7) is 2.63. The number of hydrogen-bond acceptors (Lipinski definition) is 5. The Morgan fingerprint density at radius 3 is 2.88 bits per heavy atom. The average Bonchev–Trinajstić information content (AvgIpc) is 2.70. The van der Waals surface area contributed by atoms with Crippen LogP contribution >= 0.6 is 0 Å². The van der Waals surface area contributed by atoms with Gasteiger partial charge in [0.2, 0.25) is 0 Å². The van der Waals surface area contributed by atoms with Crippen LogP contribution in [0.3, 0.4) is 0 Å². The highest BCUT2D eigenvalue weighted by atomic mass is 16.4. The molecule has 0 fully saturated rings. The molecular weight excluding hydrogens is 222 g/mol. The van der Waals surface area contributed by atoms with Crippen molar-refractivity contribution in [2.75, 3.05) is 18.5 Å². The molecule has 0 saturated heterocycles. The predicted molar refractivity (Wildman–Crippen MR) is 61.9 cm³/mol. The van der Waals surface area contributed by atoms with E-state index in [2.05, 4.69) is 15.0 Å². The first kappa shape index (κ1) is 11.3. The van der Waals surface area contributed by atoms with Gasteiger partial charge in [0.25, 0.3) is 0 Å². The van der Waals surface area contributed by atoms with E-state index in [-0.39, 0.29) is 6.54 Å². The summed E-state index contributed by atoms with van der Waals surface area (Å²) in [5, 5.41) is 8.76. The Labute approximate surface area is 97.7 Å². The maximum atomic E-state index is 10.7. The van der Waals surface area contributed by atoms with Gasteiger partial charge in [-0.1, -0.05) is 0 Å². The van der Waals surface area contributed by atoms with Crippen LogP contribution < -0.4 is 4.90 Å². The molecule has 0 aliphatic heterocycles. The van der Waals surface area contributed by atoms with E-state index in [0.29, 0.717) is 11.3 Å². The van der Waals surface area contributed by atoms with Gasteiger partial charge < -0.3 is 14.6 Å². The number of hydrogen-bond donors (Lipinski definition) is 1. The molecule has 0 aromatic carbocycles. The molecule has 90 valence electrons. The first-order chi connectivity index (χ1) is 8.13. The molecule has 0 bridgehead atoms. The van der Waals surface area contributed by atoms with Crippen molar-refractivity contribution in [3.05, 3.63) is 12.7 Å². The average molecular weight is 235 g/mol. The lowest BCUT2D eigenvalue weighted by molar-refractivity contribution is -0.135. The predicted octanol–water partition coefficient (Wildman–Crippen LogP) is 0.367. The topological polar surface area (TPSA) is 84.1 Å². The molecular formula is C10H13N5O2. The van der Waals surface area contributed by atoms with Crippen molar-refractivity contribution in [3.63, 3.8) is 0 Å². The lowest BCUT2D eigenvalue weighted by Gasteiger charge is -2.15. The van der Waals surface area contributed by atoms with Gasteiger partial charge in [-0.25, -0.2) is 15.0 Å². The molecule has 0 saturated carbocycles. The van der Waals surface area contributed by atoms with Gasteiger partial charge in [0, 0.05) is 13.6 Å². The molecule has 2 rings (SSSR count). The summed E-state index contributed by atoms with van der Waals surface area (Å²) in [6.07, 6.45) is 3.10. The Morgan fingerprint density at radius 2 is 2.24 bits per heavy atom. The summed E-state index contributed by atoms with van der Waals surface area (Å²) in [5.74, 6) is -0.376. The van der Waals surface area contributed by atoms with Gasteiger partial charge >= 0.3 is 5.97 Å². The first-order valence-electron chi connectivity index (χ1n) is 5.22. The van der Waals surface area contributed by atoms with Crippen molar-refractivity contribution in [1.29, 1.82) is 0 Å². The van der Waals surface area contributed by atoms with Crippen molar-refractivity contribution >= 4 is 23.0 Å². The van der Waals surface area contributed by atoms with Gasteiger partial charge in [0.15, 0.2) is 17.0 Å². The number of carboxylic acids is 1. The largest absolute Gasteiger partial charge is 0.480 e. The number of imidazole rings is 1. The van der Waals surface area contributed by atoms with Crippen LogP contribution in [0.15, 0.2) is 12.7 Å². The summed E-state index contributed by atoms with van der Waals surface area (Å²) < 4.78 is 1.88. The highest BCUT2D eigenvalue weighted by Crippen LogP contribution is 2.19. The van der Waals surface area contributed by atoms with E-state index in [1.165, 1.54) is 6.33 Å². The molecule has 2 heterocycles. The van der Waals surface area contributed by atoms with E-state index in [1.807, 2.05) is 11.5 Å². The molecule has 0 amide bonds. The van der Waals surface area contributed by atoms with E-state index in [4.69, 9.17) is 5.11 Å². The normalized spacial score (nSPS) is 10.7. The molecule has 0 spiro atoms. The lowest BCUT2D eigenvalue weighted by Crippen LogP contribution is -2.26. The molecule has 0 unspecified atom stereocenters. The number of carbonyl (C=O) groups is 1. The molecule has 0 atom stereocenters. The molecule has 0 aliphatic rings. The van der Waals surface area contributed by atoms with E-state index in [1.54, 1.807) is 18.3 Å². The van der Waals surface area contributed by atoms with Gasteiger partial charge in [0.05, 0.1) is 6.33 Å². The van der Waals surface area contributed by atoms with Gasteiger partial charge in [-0.2, -0.15) is 0 Å². The summed E-state index contributed by atoms with van der Waals surface area (Å²) >= 11 is 0. The lowest BCUT2D eigenvalue weighted by atomic mass is 10.4. The number of rotatable bonds is 4. The van der Waals surface area contributed by atoms with Crippen LogP contribution in [0.4, 0.5) is 5.82 Å². The monoisotopic (exact) mass is 235 g/mol. The molecule has 0 aliphatic carbocycles. The van der Waals surface area contributed by atoms with Crippen LogP contribution in [-0.4, -0.2) is 44.2 Å². The summed E-state index contributed by atoms with van der Waals surface area (Å²) in [7, 11) is 1.67. The third-order valence-corrected chi connectivity index (χ3v) is 2.46. The van der Waals surface area contributed by atoms with Crippen LogP contribution in [0, 0.1) is 0 Å². The minimum absolute atomic E-state index is 0.120. The molecule has 2 aromatic rings. The number of aryl methyl sites for hydroxylation is 1. The fourth-order valence-electron chi connectivity index (χ4n) is 1.66. The fraction of sp³-hybridized carbons (Fsp3) is 0.400. The van der Waals surface area contributed by atoms with Crippen LogP contribution in [0.2, 0.25) is 0 Å². The highest BCUT2D eigenvalue weighted by Gasteiger charge is 2.14. The first-order valence-corrected chi connectivity index (χ1v) is 5.22. The Bertz CT molecular complexity index is 551. The van der Waals surface area contributed by atoms with Gasteiger partial charge in [0.1, 0.15) is 12.9 Å². The summed E-state index contributed by atoms with van der Waals surface area (Å²) in [5.41, 5.74) is 1.34. The number of fused-ring (bicyclic) bond motifs is 1.